The van der Waals surface area contributed by atoms with Gasteiger partial charge in [0.25, 0.3) is 0 Å². The molecule has 1 aliphatic carbocycles. The number of nitrogens with two attached hydrogens (primary N) is 1. The first-order valence-corrected chi connectivity index (χ1v) is 7.39. The zero-order chi connectivity index (χ0) is 14.4. The number of benzene rings is 1. The van der Waals surface area contributed by atoms with Crippen molar-refractivity contribution in [1.29, 1.82) is 0 Å². The molecule has 0 radical (unpaired) electrons. The van der Waals surface area contributed by atoms with E-state index >= 15 is 0 Å². The quantitative estimate of drug-likeness (QED) is 0.757. The lowest BCUT2D eigenvalue weighted by atomic mass is 9.85. The summed E-state index contributed by atoms with van der Waals surface area (Å²) < 4.78 is 0. The second kappa shape index (κ2) is 7.41. The van der Waals surface area contributed by atoms with Gasteiger partial charge in [0.15, 0.2) is 0 Å². The molecule has 0 bridgehead atoms. The number of rotatable bonds is 5. The normalized spacial score (nSPS) is 24.1. The van der Waals surface area contributed by atoms with E-state index < -0.39 is 0 Å². The minimum Gasteiger partial charge on any atom is -0.394 e. The highest BCUT2D eigenvalue weighted by Crippen LogP contribution is 2.23. The Morgan fingerprint density at radius 2 is 1.90 bits per heavy atom. The number of nitrogens with one attached hydrogen (secondary N) is 1. The van der Waals surface area contributed by atoms with Crippen molar-refractivity contribution in [3.8, 4) is 0 Å². The largest absolute Gasteiger partial charge is 0.394 e. The molecule has 0 saturated heterocycles. The summed E-state index contributed by atoms with van der Waals surface area (Å²) in [6.45, 7) is -0.0349. The molecule has 0 aromatic heterocycles. The van der Waals surface area contributed by atoms with E-state index in [-0.39, 0.29) is 30.5 Å². The van der Waals surface area contributed by atoms with E-state index in [0.717, 1.165) is 31.2 Å². The number of hydrogen-bond donors (Lipinski definition) is 3. The van der Waals surface area contributed by atoms with Crippen LogP contribution in [0.4, 0.5) is 0 Å². The summed E-state index contributed by atoms with van der Waals surface area (Å²) in [4.78, 5) is 12.2. The molecular weight excluding hydrogens is 252 g/mol. The fraction of sp³-hybridized carbons (Fsp3) is 0.562. The molecule has 0 aliphatic heterocycles. The molecule has 4 nitrogen and oxygen atoms in total. The Hall–Kier alpha value is -1.39. The smallest absolute Gasteiger partial charge is 0.223 e. The van der Waals surface area contributed by atoms with Gasteiger partial charge in [-0.15, -0.1) is 0 Å². The molecule has 1 aromatic carbocycles. The fourth-order valence-corrected chi connectivity index (χ4v) is 2.76. The third-order valence-corrected chi connectivity index (χ3v) is 4.03. The van der Waals surface area contributed by atoms with Crippen molar-refractivity contribution >= 4 is 5.91 Å². The van der Waals surface area contributed by atoms with Crippen LogP contribution in [0, 0.1) is 5.92 Å². The summed E-state index contributed by atoms with van der Waals surface area (Å²) in [7, 11) is 0. The maximum Gasteiger partial charge on any atom is 0.223 e. The SMILES string of the molecule is NC1CCC(C(=O)N[C@H](CO)Cc2ccccc2)CC1. The maximum atomic E-state index is 12.2. The van der Waals surface area contributed by atoms with Crippen molar-refractivity contribution in [1.82, 2.24) is 5.32 Å². The van der Waals surface area contributed by atoms with E-state index in [0.29, 0.717) is 6.42 Å². The summed E-state index contributed by atoms with van der Waals surface area (Å²) in [5, 5.41) is 12.4. The average Bonchev–Trinajstić information content (AvgIpc) is 2.48. The van der Waals surface area contributed by atoms with Crippen molar-refractivity contribution in [3.63, 3.8) is 0 Å². The van der Waals surface area contributed by atoms with Crippen LogP contribution in [0.1, 0.15) is 31.2 Å². The van der Waals surface area contributed by atoms with Crippen LogP contribution in [-0.2, 0) is 11.2 Å². The first-order valence-electron chi connectivity index (χ1n) is 7.39. The molecule has 1 fully saturated rings. The van der Waals surface area contributed by atoms with Gasteiger partial charge in [-0.3, -0.25) is 4.79 Å². The van der Waals surface area contributed by atoms with Gasteiger partial charge in [0.05, 0.1) is 12.6 Å². The number of carbonyl (C=O) groups excluding carboxylic acids is 1. The Kier molecular flexibility index (Phi) is 5.56. The zero-order valence-corrected chi connectivity index (χ0v) is 11.8. The Morgan fingerprint density at radius 1 is 1.25 bits per heavy atom. The van der Waals surface area contributed by atoms with Crippen LogP contribution in [0.25, 0.3) is 0 Å². The zero-order valence-electron chi connectivity index (χ0n) is 11.8. The molecule has 1 atom stereocenters. The second-order valence-corrected chi connectivity index (χ2v) is 5.69. The van der Waals surface area contributed by atoms with Crippen molar-refractivity contribution in [3.05, 3.63) is 35.9 Å². The Bertz CT molecular complexity index is 414. The molecular formula is C16H24N2O2. The fourth-order valence-electron chi connectivity index (χ4n) is 2.76. The molecule has 0 spiro atoms. The minimum atomic E-state index is -0.208. The number of carbonyl (C=O) groups is 1. The Balaban J connectivity index is 1.85. The van der Waals surface area contributed by atoms with Gasteiger partial charge in [-0.05, 0) is 37.7 Å². The molecule has 0 unspecified atom stereocenters. The summed E-state index contributed by atoms with van der Waals surface area (Å²) in [6, 6.07) is 9.95. The number of aliphatic hydroxyl groups is 1. The van der Waals surface area contributed by atoms with E-state index in [1.807, 2.05) is 30.3 Å². The Morgan fingerprint density at radius 3 is 2.50 bits per heavy atom. The molecule has 1 aliphatic rings. The summed E-state index contributed by atoms with van der Waals surface area (Å²) >= 11 is 0. The Labute approximate surface area is 120 Å². The lowest BCUT2D eigenvalue weighted by Gasteiger charge is -2.27. The molecule has 4 N–H and O–H groups in total. The standard InChI is InChI=1S/C16H24N2O2/c17-14-8-6-13(7-9-14)16(20)18-15(11-19)10-12-4-2-1-3-5-12/h1-5,13-15,19H,6-11,17H2,(H,18,20)/t13?,14?,15-/m0/s1. The van der Waals surface area contributed by atoms with Crippen molar-refractivity contribution in [2.75, 3.05) is 6.61 Å². The number of amides is 1. The first-order chi connectivity index (χ1) is 9.69. The summed E-state index contributed by atoms with van der Waals surface area (Å²) in [6.07, 6.45) is 4.21. The topological polar surface area (TPSA) is 75.4 Å². The predicted molar refractivity (Wildman–Crippen MR) is 79.1 cm³/mol. The number of hydrogen-bond acceptors (Lipinski definition) is 3. The average molecular weight is 276 g/mol. The van der Waals surface area contributed by atoms with Crippen LogP contribution < -0.4 is 11.1 Å². The van der Waals surface area contributed by atoms with Gasteiger partial charge in [-0.25, -0.2) is 0 Å². The van der Waals surface area contributed by atoms with Gasteiger partial charge >= 0.3 is 0 Å². The molecule has 1 saturated carbocycles. The molecule has 1 aromatic rings. The van der Waals surface area contributed by atoms with Crippen LogP contribution in [-0.4, -0.2) is 29.7 Å². The van der Waals surface area contributed by atoms with Gasteiger partial charge < -0.3 is 16.2 Å². The van der Waals surface area contributed by atoms with E-state index in [1.165, 1.54) is 0 Å². The monoisotopic (exact) mass is 276 g/mol. The molecule has 2 rings (SSSR count). The van der Waals surface area contributed by atoms with Crippen LogP contribution in [0.3, 0.4) is 0 Å². The van der Waals surface area contributed by atoms with Gasteiger partial charge in [-0.1, -0.05) is 30.3 Å². The minimum absolute atomic E-state index is 0.0349. The highest BCUT2D eigenvalue weighted by atomic mass is 16.3. The lowest BCUT2D eigenvalue weighted by molar-refractivity contribution is -0.127. The molecule has 20 heavy (non-hydrogen) atoms. The van der Waals surface area contributed by atoms with Crippen LogP contribution >= 0.6 is 0 Å². The van der Waals surface area contributed by atoms with E-state index in [4.69, 9.17) is 5.73 Å². The predicted octanol–water partition coefficient (Wildman–Crippen LogP) is 1.22. The van der Waals surface area contributed by atoms with Gasteiger partial charge in [-0.2, -0.15) is 0 Å². The number of aliphatic hydroxyl groups excluding tert-OH is 1. The van der Waals surface area contributed by atoms with Crippen molar-refractivity contribution < 1.29 is 9.90 Å². The van der Waals surface area contributed by atoms with Gasteiger partial charge in [0.2, 0.25) is 5.91 Å². The van der Waals surface area contributed by atoms with E-state index in [2.05, 4.69) is 5.32 Å². The second-order valence-electron chi connectivity index (χ2n) is 5.69. The highest BCUT2D eigenvalue weighted by molar-refractivity contribution is 5.79. The molecule has 1 amide bonds. The van der Waals surface area contributed by atoms with Crippen LogP contribution in [0.15, 0.2) is 30.3 Å². The lowest BCUT2D eigenvalue weighted by Crippen LogP contribution is -2.44. The highest BCUT2D eigenvalue weighted by Gasteiger charge is 2.25. The van der Waals surface area contributed by atoms with Crippen molar-refractivity contribution in [2.24, 2.45) is 11.7 Å². The molecule has 4 heteroatoms. The summed E-state index contributed by atoms with van der Waals surface area (Å²) in [5.41, 5.74) is 6.98. The first kappa shape index (κ1) is 15.0. The maximum absolute atomic E-state index is 12.2. The van der Waals surface area contributed by atoms with E-state index in [1.54, 1.807) is 0 Å². The van der Waals surface area contributed by atoms with Gasteiger partial charge in [0.1, 0.15) is 0 Å². The van der Waals surface area contributed by atoms with E-state index in [9.17, 15) is 9.90 Å². The van der Waals surface area contributed by atoms with Crippen LogP contribution in [0.5, 0.6) is 0 Å². The van der Waals surface area contributed by atoms with Crippen molar-refractivity contribution in [2.45, 2.75) is 44.2 Å². The third-order valence-electron chi connectivity index (χ3n) is 4.03. The summed E-state index contributed by atoms with van der Waals surface area (Å²) in [5.74, 6) is 0.117. The molecule has 0 heterocycles. The third kappa shape index (κ3) is 4.32. The molecule has 110 valence electrons. The van der Waals surface area contributed by atoms with Gasteiger partial charge in [0, 0.05) is 12.0 Å². The van der Waals surface area contributed by atoms with Crippen LogP contribution in [0.2, 0.25) is 0 Å².